The topological polar surface area (TPSA) is 45.8 Å². The summed E-state index contributed by atoms with van der Waals surface area (Å²) in [5.74, 6) is 0. The SMILES string of the molecule is Cc1ccc(Sc2nc3ccccc3[nH]2)c(C=O)c1. The Kier molecular flexibility index (Phi) is 3.09. The summed E-state index contributed by atoms with van der Waals surface area (Å²) < 4.78 is 0. The van der Waals surface area contributed by atoms with Crippen LogP contribution in [0.25, 0.3) is 11.0 Å². The summed E-state index contributed by atoms with van der Waals surface area (Å²) in [4.78, 5) is 19.8. The molecule has 94 valence electrons. The number of hydrogen-bond donors (Lipinski definition) is 1. The standard InChI is InChI=1S/C15H12N2OS/c1-10-6-7-14(11(8-10)9-18)19-15-16-12-4-2-3-5-13(12)17-15/h2-9H,1H3,(H,16,17). The van der Waals surface area contributed by atoms with Crippen LogP contribution in [0.15, 0.2) is 52.5 Å². The third-order valence-corrected chi connectivity index (χ3v) is 3.84. The summed E-state index contributed by atoms with van der Waals surface area (Å²) in [6, 6.07) is 13.7. The molecule has 1 heterocycles. The van der Waals surface area contributed by atoms with E-state index in [1.54, 1.807) is 0 Å². The number of H-pyrrole nitrogens is 1. The number of fused-ring (bicyclic) bond motifs is 1. The van der Waals surface area contributed by atoms with Gasteiger partial charge in [-0.15, -0.1) is 0 Å². The summed E-state index contributed by atoms with van der Waals surface area (Å²) in [6.07, 6.45) is 0.887. The lowest BCUT2D eigenvalue weighted by Crippen LogP contribution is -1.87. The molecular formula is C15H12N2OS. The number of imidazole rings is 1. The van der Waals surface area contributed by atoms with E-state index in [2.05, 4.69) is 9.97 Å². The van der Waals surface area contributed by atoms with Crippen LogP contribution in [-0.2, 0) is 0 Å². The Morgan fingerprint density at radius 3 is 2.84 bits per heavy atom. The highest BCUT2D eigenvalue weighted by atomic mass is 32.2. The maximum absolute atomic E-state index is 11.1. The number of carbonyl (C=O) groups is 1. The second-order valence-electron chi connectivity index (χ2n) is 4.32. The summed E-state index contributed by atoms with van der Waals surface area (Å²) in [5, 5.41) is 0.799. The van der Waals surface area contributed by atoms with Crippen molar-refractivity contribution in [2.75, 3.05) is 0 Å². The Bertz CT molecular complexity index is 716. The summed E-state index contributed by atoms with van der Waals surface area (Å²) in [6.45, 7) is 1.97. The van der Waals surface area contributed by atoms with Gasteiger partial charge in [0.05, 0.1) is 11.0 Å². The monoisotopic (exact) mass is 268 g/mol. The lowest BCUT2D eigenvalue weighted by Gasteiger charge is -2.02. The van der Waals surface area contributed by atoms with Crippen molar-refractivity contribution in [1.29, 1.82) is 0 Å². The summed E-state index contributed by atoms with van der Waals surface area (Å²) in [7, 11) is 0. The van der Waals surface area contributed by atoms with Gasteiger partial charge in [-0.2, -0.15) is 0 Å². The van der Waals surface area contributed by atoms with Crippen LogP contribution < -0.4 is 0 Å². The highest BCUT2D eigenvalue weighted by Crippen LogP contribution is 2.29. The number of aromatic nitrogens is 2. The number of hydrogen-bond acceptors (Lipinski definition) is 3. The van der Waals surface area contributed by atoms with Crippen LogP contribution in [0.5, 0.6) is 0 Å². The van der Waals surface area contributed by atoms with Gasteiger partial charge in [-0.1, -0.05) is 35.5 Å². The predicted octanol–water partition coefficient (Wildman–Crippen LogP) is 3.84. The highest BCUT2D eigenvalue weighted by molar-refractivity contribution is 7.99. The van der Waals surface area contributed by atoms with Gasteiger partial charge in [-0.25, -0.2) is 4.98 Å². The molecule has 0 aliphatic rings. The van der Waals surface area contributed by atoms with Crippen LogP contribution in [-0.4, -0.2) is 16.3 Å². The molecule has 1 N–H and O–H groups in total. The maximum atomic E-state index is 11.1. The number of para-hydroxylation sites is 2. The molecule has 0 atom stereocenters. The van der Waals surface area contributed by atoms with Crippen LogP contribution in [0.2, 0.25) is 0 Å². The maximum Gasteiger partial charge on any atom is 0.171 e. The number of benzene rings is 2. The molecule has 0 amide bonds. The molecule has 0 bridgehead atoms. The van der Waals surface area contributed by atoms with Gasteiger partial charge in [0.1, 0.15) is 0 Å². The van der Waals surface area contributed by atoms with Gasteiger partial charge >= 0.3 is 0 Å². The Morgan fingerprint density at radius 2 is 2.05 bits per heavy atom. The fourth-order valence-corrected chi connectivity index (χ4v) is 2.81. The zero-order valence-electron chi connectivity index (χ0n) is 10.4. The molecule has 0 saturated heterocycles. The third kappa shape index (κ3) is 2.39. The van der Waals surface area contributed by atoms with Crippen molar-refractivity contribution in [2.45, 2.75) is 17.0 Å². The molecule has 0 saturated carbocycles. The number of nitrogens with one attached hydrogen (secondary N) is 1. The van der Waals surface area contributed by atoms with Crippen LogP contribution >= 0.6 is 11.8 Å². The lowest BCUT2D eigenvalue weighted by atomic mass is 10.2. The molecular weight excluding hydrogens is 256 g/mol. The van der Waals surface area contributed by atoms with E-state index in [-0.39, 0.29) is 0 Å². The average Bonchev–Trinajstić information content (AvgIpc) is 2.83. The summed E-state index contributed by atoms with van der Waals surface area (Å²) in [5.41, 5.74) is 3.72. The van der Waals surface area contributed by atoms with Crippen molar-refractivity contribution in [3.05, 3.63) is 53.6 Å². The minimum absolute atomic E-state index is 0.699. The van der Waals surface area contributed by atoms with Crippen LogP contribution in [0.3, 0.4) is 0 Å². The van der Waals surface area contributed by atoms with Gasteiger partial charge in [0, 0.05) is 10.5 Å². The third-order valence-electron chi connectivity index (χ3n) is 2.87. The van der Waals surface area contributed by atoms with Crippen LogP contribution in [0.1, 0.15) is 15.9 Å². The van der Waals surface area contributed by atoms with Crippen molar-refractivity contribution in [3.8, 4) is 0 Å². The van der Waals surface area contributed by atoms with Gasteiger partial charge < -0.3 is 4.98 Å². The van der Waals surface area contributed by atoms with Gasteiger partial charge in [0.2, 0.25) is 0 Å². The molecule has 3 nitrogen and oxygen atoms in total. The molecule has 0 spiro atoms. The molecule has 0 radical (unpaired) electrons. The Morgan fingerprint density at radius 1 is 1.21 bits per heavy atom. The number of aryl methyl sites for hydroxylation is 1. The lowest BCUT2D eigenvalue weighted by molar-refractivity contribution is 0.112. The van der Waals surface area contributed by atoms with Gasteiger partial charge in [-0.05, 0) is 31.2 Å². The van der Waals surface area contributed by atoms with Crippen LogP contribution in [0, 0.1) is 6.92 Å². The fourth-order valence-electron chi connectivity index (χ4n) is 1.93. The first-order chi connectivity index (χ1) is 9.26. The summed E-state index contributed by atoms with van der Waals surface area (Å²) >= 11 is 1.48. The molecule has 2 aromatic carbocycles. The molecule has 3 rings (SSSR count). The van der Waals surface area contributed by atoms with E-state index < -0.39 is 0 Å². The smallest absolute Gasteiger partial charge is 0.171 e. The quantitative estimate of drug-likeness (QED) is 0.734. The first-order valence-electron chi connectivity index (χ1n) is 5.95. The molecule has 1 aromatic heterocycles. The number of aldehydes is 1. The number of rotatable bonds is 3. The van der Waals surface area contributed by atoms with Gasteiger partial charge in [-0.3, -0.25) is 4.79 Å². The number of aromatic amines is 1. The van der Waals surface area contributed by atoms with Crippen molar-refractivity contribution < 1.29 is 4.79 Å². The van der Waals surface area contributed by atoms with Crippen molar-refractivity contribution in [1.82, 2.24) is 9.97 Å². The predicted molar refractivity (Wildman–Crippen MR) is 76.8 cm³/mol. The molecule has 0 unspecified atom stereocenters. The van der Waals surface area contributed by atoms with Gasteiger partial charge in [0.25, 0.3) is 0 Å². The molecule has 4 heteroatoms. The largest absolute Gasteiger partial charge is 0.333 e. The zero-order chi connectivity index (χ0) is 13.2. The van der Waals surface area contributed by atoms with E-state index in [1.165, 1.54) is 11.8 Å². The van der Waals surface area contributed by atoms with Crippen molar-refractivity contribution in [2.24, 2.45) is 0 Å². The Balaban J connectivity index is 1.98. The molecule has 0 fully saturated rings. The van der Waals surface area contributed by atoms with E-state index >= 15 is 0 Å². The zero-order valence-corrected chi connectivity index (χ0v) is 11.2. The first-order valence-corrected chi connectivity index (χ1v) is 6.76. The number of carbonyl (C=O) groups excluding carboxylic acids is 1. The van der Waals surface area contributed by atoms with E-state index in [1.807, 2.05) is 49.4 Å². The normalized spacial score (nSPS) is 10.8. The number of nitrogens with zero attached hydrogens (tertiary/aromatic N) is 1. The Labute approximate surface area is 115 Å². The molecule has 0 aliphatic heterocycles. The highest BCUT2D eigenvalue weighted by Gasteiger charge is 2.08. The minimum Gasteiger partial charge on any atom is -0.333 e. The van der Waals surface area contributed by atoms with E-state index in [0.29, 0.717) is 5.56 Å². The Hall–Kier alpha value is -2.07. The molecule has 3 aromatic rings. The fraction of sp³-hybridized carbons (Fsp3) is 0.0667. The van der Waals surface area contributed by atoms with Gasteiger partial charge in [0.15, 0.2) is 11.4 Å². The van der Waals surface area contributed by atoms with E-state index in [4.69, 9.17) is 0 Å². The van der Waals surface area contributed by atoms with Crippen molar-refractivity contribution in [3.63, 3.8) is 0 Å². The second kappa shape index (κ2) is 4.90. The molecule has 19 heavy (non-hydrogen) atoms. The average molecular weight is 268 g/mol. The first kappa shape index (κ1) is 12.0. The van der Waals surface area contributed by atoms with E-state index in [9.17, 15) is 4.79 Å². The van der Waals surface area contributed by atoms with E-state index in [0.717, 1.165) is 32.9 Å². The van der Waals surface area contributed by atoms with Crippen molar-refractivity contribution >= 4 is 29.1 Å². The molecule has 0 aliphatic carbocycles. The minimum atomic E-state index is 0.699. The second-order valence-corrected chi connectivity index (χ2v) is 5.35. The van der Waals surface area contributed by atoms with Crippen LogP contribution in [0.4, 0.5) is 0 Å².